The Labute approximate surface area is 103 Å². The lowest BCUT2D eigenvalue weighted by Gasteiger charge is -2.10. The number of aryl methyl sites for hydroxylation is 1. The predicted octanol–water partition coefficient (Wildman–Crippen LogP) is 3.75. The maximum Gasteiger partial charge on any atom is 0.0219 e. The van der Waals surface area contributed by atoms with Crippen LogP contribution in [0, 0.1) is 6.92 Å². The van der Waals surface area contributed by atoms with Crippen molar-refractivity contribution in [1.82, 2.24) is 5.32 Å². The highest BCUT2D eigenvalue weighted by molar-refractivity contribution is 7.99. The van der Waals surface area contributed by atoms with Crippen LogP contribution in [-0.2, 0) is 6.54 Å². The molecule has 1 saturated carbocycles. The van der Waals surface area contributed by atoms with E-state index in [4.69, 9.17) is 0 Å². The highest BCUT2D eigenvalue weighted by Crippen LogP contribution is 2.26. The molecule has 0 spiro atoms. The molecule has 1 aliphatic carbocycles. The minimum atomic E-state index is 0.796. The summed E-state index contributed by atoms with van der Waals surface area (Å²) in [4.78, 5) is 1.46. The van der Waals surface area contributed by atoms with Crippen LogP contribution in [0.5, 0.6) is 0 Å². The molecule has 0 aliphatic heterocycles. The first-order chi connectivity index (χ1) is 7.79. The maximum atomic E-state index is 3.60. The topological polar surface area (TPSA) is 12.0 Å². The molecule has 1 aromatic carbocycles. The zero-order chi connectivity index (χ0) is 11.4. The van der Waals surface area contributed by atoms with Crippen molar-refractivity contribution >= 4 is 11.8 Å². The molecule has 16 heavy (non-hydrogen) atoms. The third-order valence-corrected chi connectivity index (χ3v) is 4.16. The minimum absolute atomic E-state index is 0.796. The van der Waals surface area contributed by atoms with Crippen LogP contribution in [-0.4, -0.2) is 11.8 Å². The molecule has 0 saturated heterocycles. The summed E-state index contributed by atoms with van der Waals surface area (Å²) in [5, 5.41) is 3.60. The predicted molar refractivity (Wildman–Crippen MR) is 72.1 cm³/mol. The lowest BCUT2D eigenvalue weighted by atomic mass is 10.1. The Morgan fingerprint density at radius 3 is 2.88 bits per heavy atom. The average molecular weight is 235 g/mol. The van der Waals surface area contributed by atoms with Crippen LogP contribution in [0.25, 0.3) is 0 Å². The summed E-state index contributed by atoms with van der Waals surface area (Å²) >= 11 is 1.99. The SMILES string of the molecule is CCCSc1ccc(C)cc1CNC1CC1. The number of benzene rings is 1. The zero-order valence-electron chi connectivity index (χ0n) is 10.3. The van der Waals surface area contributed by atoms with E-state index < -0.39 is 0 Å². The second kappa shape index (κ2) is 5.74. The van der Waals surface area contributed by atoms with Gasteiger partial charge in [0.2, 0.25) is 0 Å². The maximum absolute atomic E-state index is 3.60. The average Bonchev–Trinajstić information content (AvgIpc) is 3.09. The third kappa shape index (κ3) is 3.53. The van der Waals surface area contributed by atoms with Gasteiger partial charge in [-0.1, -0.05) is 24.6 Å². The van der Waals surface area contributed by atoms with E-state index in [2.05, 4.69) is 37.4 Å². The first-order valence-corrected chi connectivity index (χ1v) is 7.24. The summed E-state index contributed by atoms with van der Waals surface area (Å²) in [5.41, 5.74) is 2.85. The summed E-state index contributed by atoms with van der Waals surface area (Å²) in [6, 6.07) is 7.62. The van der Waals surface area contributed by atoms with Gasteiger partial charge in [-0.3, -0.25) is 0 Å². The summed E-state index contributed by atoms with van der Waals surface area (Å²) in [7, 11) is 0. The van der Waals surface area contributed by atoms with Gasteiger partial charge in [0.15, 0.2) is 0 Å². The van der Waals surface area contributed by atoms with Gasteiger partial charge in [-0.05, 0) is 43.6 Å². The molecule has 0 radical (unpaired) electrons. The molecule has 0 atom stereocenters. The molecule has 1 aromatic rings. The van der Waals surface area contributed by atoms with Crippen LogP contribution in [0.2, 0.25) is 0 Å². The molecular weight excluding hydrogens is 214 g/mol. The highest BCUT2D eigenvalue weighted by atomic mass is 32.2. The fraction of sp³-hybridized carbons (Fsp3) is 0.571. The van der Waals surface area contributed by atoms with Gasteiger partial charge in [-0.15, -0.1) is 11.8 Å². The first kappa shape index (κ1) is 12.0. The van der Waals surface area contributed by atoms with E-state index in [1.165, 1.54) is 41.0 Å². The normalized spacial score (nSPS) is 15.4. The Bertz CT molecular complexity index is 345. The van der Waals surface area contributed by atoms with Crippen molar-refractivity contribution in [2.45, 2.75) is 50.6 Å². The van der Waals surface area contributed by atoms with Crippen LogP contribution in [0.3, 0.4) is 0 Å². The van der Waals surface area contributed by atoms with E-state index in [0.717, 1.165) is 12.6 Å². The van der Waals surface area contributed by atoms with Crippen molar-refractivity contribution in [3.8, 4) is 0 Å². The van der Waals surface area contributed by atoms with Gasteiger partial charge in [-0.2, -0.15) is 0 Å². The van der Waals surface area contributed by atoms with Gasteiger partial charge >= 0.3 is 0 Å². The van der Waals surface area contributed by atoms with Gasteiger partial charge < -0.3 is 5.32 Å². The molecule has 0 aromatic heterocycles. The Balaban J connectivity index is 2.01. The smallest absolute Gasteiger partial charge is 0.0219 e. The zero-order valence-corrected chi connectivity index (χ0v) is 11.1. The van der Waals surface area contributed by atoms with E-state index in [0.29, 0.717) is 0 Å². The highest BCUT2D eigenvalue weighted by Gasteiger charge is 2.20. The van der Waals surface area contributed by atoms with Crippen molar-refractivity contribution in [3.05, 3.63) is 29.3 Å². The second-order valence-corrected chi connectivity index (χ2v) is 5.75. The monoisotopic (exact) mass is 235 g/mol. The van der Waals surface area contributed by atoms with E-state index in [1.807, 2.05) is 11.8 Å². The Morgan fingerprint density at radius 2 is 2.19 bits per heavy atom. The van der Waals surface area contributed by atoms with Gasteiger partial charge in [-0.25, -0.2) is 0 Å². The fourth-order valence-electron chi connectivity index (χ4n) is 1.74. The van der Waals surface area contributed by atoms with Crippen LogP contribution >= 0.6 is 11.8 Å². The van der Waals surface area contributed by atoms with E-state index >= 15 is 0 Å². The van der Waals surface area contributed by atoms with Gasteiger partial charge in [0.1, 0.15) is 0 Å². The molecule has 0 unspecified atom stereocenters. The van der Waals surface area contributed by atoms with Crippen LogP contribution < -0.4 is 5.32 Å². The van der Waals surface area contributed by atoms with Crippen LogP contribution in [0.4, 0.5) is 0 Å². The summed E-state index contributed by atoms with van der Waals surface area (Å²) in [5.74, 6) is 1.22. The third-order valence-electron chi connectivity index (χ3n) is 2.84. The Hall–Kier alpha value is -0.470. The van der Waals surface area contributed by atoms with E-state index in [-0.39, 0.29) is 0 Å². The van der Waals surface area contributed by atoms with Crippen molar-refractivity contribution in [1.29, 1.82) is 0 Å². The lowest BCUT2D eigenvalue weighted by molar-refractivity contribution is 0.680. The standard InChI is InChI=1S/C14H21NS/c1-3-8-16-14-7-4-11(2)9-12(14)10-15-13-5-6-13/h4,7,9,13,15H,3,5-6,8,10H2,1-2H3. The molecule has 1 aliphatic rings. The Kier molecular flexibility index (Phi) is 4.30. The van der Waals surface area contributed by atoms with Crippen molar-refractivity contribution in [2.24, 2.45) is 0 Å². The van der Waals surface area contributed by atoms with Crippen molar-refractivity contribution < 1.29 is 0 Å². The molecule has 88 valence electrons. The van der Waals surface area contributed by atoms with Crippen LogP contribution in [0.1, 0.15) is 37.3 Å². The molecule has 1 N–H and O–H groups in total. The molecule has 0 bridgehead atoms. The van der Waals surface area contributed by atoms with Crippen molar-refractivity contribution in [3.63, 3.8) is 0 Å². The molecule has 0 heterocycles. The molecular formula is C14H21NS. The molecule has 0 amide bonds. The summed E-state index contributed by atoms with van der Waals surface area (Å²) in [6.45, 7) is 5.45. The summed E-state index contributed by atoms with van der Waals surface area (Å²) < 4.78 is 0. The number of nitrogens with one attached hydrogen (secondary N) is 1. The van der Waals surface area contributed by atoms with Gasteiger partial charge in [0.05, 0.1) is 0 Å². The number of hydrogen-bond donors (Lipinski definition) is 1. The summed E-state index contributed by atoms with van der Waals surface area (Å²) in [6.07, 6.45) is 3.97. The van der Waals surface area contributed by atoms with E-state index in [1.54, 1.807) is 0 Å². The molecule has 1 nitrogen and oxygen atoms in total. The van der Waals surface area contributed by atoms with Crippen LogP contribution in [0.15, 0.2) is 23.1 Å². The Morgan fingerprint density at radius 1 is 1.38 bits per heavy atom. The molecule has 2 rings (SSSR count). The number of rotatable bonds is 6. The first-order valence-electron chi connectivity index (χ1n) is 6.25. The van der Waals surface area contributed by atoms with Gasteiger partial charge in [0.25, 0.3) is 0 Å². The quantitative estimate of drug-likeness (QED) is 0.754. The number of hydrogen-bond acceptors (Lipinski definition) is 2. The number of thioether (sulfide) groups is 1. The molecule has 1 fully saturated rings. The largest absolute Gasteiger partial charge is 0.310 e. The van der Waals surface area contributed by atoms with Crippen molar-refractivity contribution in [2.75, 3.05) is 5.75 Å². The molecule has 2 heteroatoms. The fourth-order valence-corrected chi connectivity index (χ4v) is 2.65. The van der Waals surface area contributed by atoms with E-state index in [9.17, 15) is 0 Å². The van der Waals surface area contributed by atoms with Gasteiger partial charge in [0, 0.05) is 17.5 Å². The second-order valence-electron chi connectivity index (χ2n) is 4.61. The lowest BCUT2D eigenvalue weighted by Crippen LogP contribution is -2.15. The minimum Gasteiger partial charge on any atom is -0.310 e.